The van der Waals surface area contributed by atoms with Crippen molar-refractivity contribution in [1.29, 1.82) is 0 Å². The summed E-state index contributed by atoms with van der Waals surface area (Å²) in [5.41, 5.74) is 3.05. The van der Waals surface area contributed by atoms with Crippen LogP contribution in [0.15, 0.2) is 58.4 Å². The molecule has 5 heteroatoms. The van der Waals surface area contributed by atoms with E-state index in [4.69, 9.17) is 11.6 Å². The number of benzene rings is 2. The van der Waals surface area contributed by atoms with Crippen LogP contribution in [0.3, 0.4) is 0 Å². The Hall–Kier alpha value is -1.36. The highest BCUT2D eigenvalue weighted by Crippen LogP contribution is 2.28. The maximum absolute atomic E-state index is 5.87. The fraction of sp³-hybridized carbons (Fsp3) is 0. The van der Waals surface area contributed by atoms with Gasteiger partial charge in [-0.2, -0.15) is 0 Å². The maximum Gasteiger partial charge on any atom is 0.187 e. The van der Waals surface area contributed by atoms with Crippen molar-refractivity contribution in [3.8, 4) is 11.3 Å². The van der Waals surface area contributed by atoms with E-state index in [9.17, 15) is 0 Å². The van der Waals surface area contributed by atoms with Gasteiger partial charge in [-0.05, 0) is 36.4 Å². The third kappa shape index (κ3) is 3.20. The minimum atomic E-state index is 0.727. The molecular weight excluding hydrogens is 356 g/mol. The molecule has 0 amide bonds. The predicted molar refractivity (Wildman–Crippen MR) is 90.0 cm³/mol. The van der Waals surface area contributed by atoms with Crippen LogP contribution in [0.4, 0.5) is 10.8 Å². The van der Waals surface area contributed by atoms with Crippen LogP contribution >= 0.6 is 38.9 Å². The minimum Gasteiger partial charge on any atom is -0.332 e. The molecule has 3 aromatic rings. The molecule has 1 heterocycles. The molecule has 0 aliphatic heterocycles. The molecule has 0 fully saturated rings. The van der Waals surface area contributed by atoms with Crippen LogP contribution in [0.2, 0.25) is 5.02 Å². The molecule has 1 aromatic heterocycles. The van der Waals surface area contributed by atoms with Gasteiger partial charge in [0.15, 0.2) is 5.13 Å². The molecule has 2 aromatic carbocycles. The number of halogens is 2. The number of anilines is 2. The van der Waals surface area contributed by atoms with E-state index in [1.54, 1.807) is 11.3 Å². The summed E-state index contributed by atoms with van der Waals surface area (Å²) in [6.07, 6.45) is 0. The molecule has 0 radical (unpaired) electrons. The summed E-state index contributed by atoms with van der Waals surface area (Å²) in [6, 6.07) is 15.7. The summed E-state index contributed by atoms with van der Waals surface area (Å²) in [5.74, 6) is 0. The molecule has 3 rings (SSSR count). The molecule has 1 N–H and O–H groups in total. The Labute approximate surface area is 134 Å². The summed E-state index contributed by atoms with van der Waals surface area (Å²) < 4.78 is 1.07. The van der Waals surface area contributed by atoms with E-state index in [2.05, 4.69) is 26.2 Å². The fourth-order valence-corrected chi connectivity index (χ4v) is 2.87. The van der Waals surface area contributed by atoms with E-state index in [1.165, 1.54) is 0 Å². The first-order valence-electron chi connectivity index (χ1n) is 5.95. The summed E-state index contributed by atoms with van der Waals surface area (Å²) in [4.78, 5) is 4.59. The first-order chi connectivity index (χ1) is 9.70. The molecular formula is C15H10BrClN2S. The highest BCUT2D eigenvalue weighted by atomic mass is 79.9. The quantitative estimate of drug-likeness (QED) is 0.618. The van der Waals surface area contributed by atoms with Crippen LogP contribution in [-0.2, 0) is 0 Å². The summed E-state index contributed by atoms with van der Waals surface area (Å²) in [6.45, 7) is 0. The molecule has 0 saturated heterocycles. The lowest BCUT2D eigenvalue weighted by Gasteiger charge is -2.02. The zero-order chi connectivity index (χ0) is 13.9. The number of aromatic nitrogens is 1. The molecule has 20 heavy (non-hydrogen) atoms. The van der Waals surface area contributed by atoms with Crippen LogP contribution in [0.1, 0.15) is 0 Å². The van der Waals surface area contributed by atoms with E-state index in [0.29, 0.717) is 0 Å². The van der Waals surface area contributed by atoms with E-state index in [0.717, 1.165) is 31.6 Å². The van der Waals surface area contributed by atoms with Gasteiger partial charge in [0.05, 0.1) is 5.69 Å². The standard InChI is InChI=1S/C15H10BrClN2S/c16-11-3-1-10(2-4-11)14-9-20-15(19-14)18-13-7-5-12(17)6-8-13/h1-9H,(H,18,19). The van der Waals surface area contributed by atoms with E-state index < -0.39 is 0 Å². The number of hydrogen-bond donors (Lipinski definition) is 1. The maximum atomic E-state index is 5.87. The Morgan fingerprint density at radius 1 is 1.00 bits per heavy atom. The Morgan fingerprint density at radius 3 is 2.40 bits per heavy atom. The van der Waals surface area contributed by atoms with Gasteiger partial charge in [0, 0.05) is 26.1 Å². The summed E-state index contributed by atoms with van der Waals surface area (Å²) in [7, 11) is 0. The summed E-state index contributed by atoms with van der Waals surface area (Å²) >= 11 is 10.9. The Bertz CT molecular complexity index is 707. The Kier molecular flexibility index (Phi) is 4.05. The lowest BCUT2D eigenvalue weighted by Crippen LogP contribution is -1.88. The first kappa shape index (κ1) is 13.6. The van der Waals surface area contributed by atoms with Crippen LogP contribution in [-0.4, -0.2) is 4.98 Å². The third-order valence-corrected chi connectivity index (χ3v) is 4.28. The van der Waals surface area contributed by atoms with Gasteiger partial charge in [0.1, 0.15) is 0 Å². The zero-order valence-corrected chi connectivity index (χ0v) is 13.5. The van der Waals surface area contributed by atoms with E-state index >= 15 is 0 Å². The van der Waals surface area contributed by atoms with E-state index in [1.807, 2.05) is 53.9 Å². The predicted octanol–water partition coefficient (Wildman–Crippen LogP) is 5.97. The average molecular weight is 366 g/mol. The number of thiazole rings is 1. The molecule has 0 atom stereocenters. The smallest absolute Gasteiger partial charge is 0.187 e. The van der Waals surface area contributed by atoms with Crippen molar-refractivity contribution in [2.75, 3.05) is 5.32 Å². The minimum absolute atomic E-state index is 0.727. The number of hydrogen-bond acceptors (Lipinski definition) is 3. The van der Waals surface area contributed by atoms with Crippen molar-refractivity contribution in [2.24, 2.45) is 0 Å². The van der Waals surface area contributed by atoms with Crippen molar-refractivity contribution >= 4 is 49.7 Å². The molecule has 0 aliphatic carbocycles. The van der Waals surface area contributed by atoms with Gasteiger partial charge in [-0.3, -0.25) is 0 Å². The van der Waals surface area contributed by atoms with Gasteiger partial charge in [0.2, 0.25) is 0 Å². The van der Waals surface area contributed by atoms with Crippen LogP contribution in [0, 0.1) is 0 Å². The van der Waals surface area contributed by atoms with Crippen LogP contribution < -0.4 is 5.32 Å². The monoisotopic (exact) mass is 364 g/mol. The van der Waals surface area contributed by atoms with Crippen LogP contribution in [0.25, 0.3) is 11.3 Å². The molecule has 100 valence electrons. The number of rotatable bonds is 3. The Balaban J connectivity index is 1.80. The van der Waals surface area contributed by atoms with Gasteiger partial charge in [-0.15, -0.1) is 11.3 Å². The molecule has 0 bridgehead atoms. The SMILES string of the molecule is Clc1ccc(Nc2nc(-c3ccc(Br)cc3)cs2)cc1. The van der Waals surface area contributed by atoms with Gasteiger partial charge >= 0.3 is 0 Å². The van der Waals surface area contributed by atoms with Gasteiger partial charge in [-0.25, -0.2) is 4.98 Å². The van der Waals surface area contributed by atoms with Crippen molar-refractivity contribution in [2.45, 2.75) is 0 Å². The largest absolute Gasteiger partial charge is 0.332 e. The first-order valence-corrected chi connectivity index (χ1v) is 8.00. The third-order valence-electron chi connectivity index (χ3n) is 2.74. The van der Waals surface area contributed by atoms with E-state index in [-0.39, 0.29) is 0 Å². The van der Waals surface area contributed by atoms with Crippen molar-refractivity contribution < 1.29 is 0 Å². The zero-order valence-electron chi connectivity index (χ0n) is 10.3. The van der Waals surface area contributed by atoms with Crippen molar-refractivity contribution in [3.63, 3.8) is 0 Å². The van der Waals surface area contributed by atoms with Crippen LogP contribution in [0.5, 0.6) is 0 Å². The topological polar surface area (TPSA) is 24.9 Å². The average Bonchev–Trinajstić information content (AvgIpc) is 2.91. The number of nitrogens with one attached hydrogen (secondary N) is 1. The van der Waals surface area contributed by atoms with Gasteiger partial charge in [0.25, 0.3) is 0 Å². The lowest BCUT2D eigenvalue weighted by atomic mass is 10.2. The summed E-state index contributed by atoms with van der Waals surface area (Å²) in [5, 5.41) is 6.91. The lowest BCUT2D eigenvalue weighted by molar-refractivity contribution is 1.38. The molecule has 0 unspecified atom stereocenters. The molecule has 0 aliphatic rings. The fourth-order valence-electron chi connectivity index (χ4n) is 1.74. The molecule has 0 saturated carbocycles. The number of nitrogens with zero attached hydrogens (tertiary/aromatic N) is 1. The second-order valence-corrected chi connectivity index (χ2v) is 6.39. The Morgan fingerprint density at radius 2 is 1.70 bits per heavy atom. The van der Waals surface area contributed by atoms with Crippen molar-refractivity contribution in [1.82, 2.24) is 4.98 Å². The normalized spacial score (nSPS) is 10.5. The second-order valence-electron chi connectivity index (χ2n) is 4.18. The molecule has 0 spiro atoms. The van der Waals surface area contributed by atoms with Gasteiger partial charge in [-0.1, -0.05) is 39.7 Å². The second kappa shape index (κ2) is 5.95. The molecule has 2 nitrogen and oxygen atoms in total. The highest BCUT2D eigenvalue weighted by molar-refractivity contribution is 9.10. The van der Waals surface area contributed by atoms with Crippen molar-refractivity contribution in [3.05, 3.63) is 63.4 Å². The highest BCUT2D eigenvalue weighted by Gasteiger charge is 2.04. The van der Waals surface area contributed by atoms with Gasteiger partial charge < -0.3 is 5.32 Å².